The van der Waals surface area contributed by atoms with Gasteiger partial charge in [0.2, 0.25) is 0 Å². The van der Waals surface area contributed by atoms with E-state index in [0.29, 0.717) is 43.5 Å². The molecule has 2 unspecified atom stereocenters. The van der Waals surface area contributed by atoms with Gasteiger partial charge in [0.15, 0.2) is 0 Å². The summed E-state index contributed by atoms with van der Waals surface area (Å²) in [5.41, 5.74) is 1.84. The molecule has 30 heavy (non-hydrogen) atoms. The second-order valence-electron chi connectivity index (χ2n) is 8.56. The lowest BCUT2D eigenvalue weighted by Crippen LogP contribution is -2.47. The van der Waals surface area contributed by atoms with E-state index in [9.17, 15) is 18.0 Å². The second-order valence-corrected chi connectivity index (χ2v) is 8.56. The molecule has 1 amide bonds. The number of carbonyl (C=O) groups excluding carboxylic acids is 1. The SMILES string of the molecule is Cl.Cl.O=C(NC1CCN(CC(F)(F)F)CC1)c1cccc(C2CC2NCC2CC2)c1. The summed E-state index contributed by atoms with van der Waals surface area (Å²) in [5.74, 6) is 1.22. The second kappa shape index (κ2) is 10.5. The molecule has 0 bridgehead atoms. The number of hydrogen-bond donors (Lipinski definition) is 2. The minimum atomic E-state index is -4.16. The Bertz CT molecular complexity index is 707. The van der Waals surface area contributed by atoms with Crippen LogP contribution in [0.5, 0.6) is 0 Å². The van der Waals surface area contributed by atoms with Crippen LogP contribution in [0.15, 0.2) is 24.3 Å². The zero-order valence-corrected chi connectivity index (χ0v) is 18.4. The summed E-state index contributed by atoms with van der Waals surface area (Å²) in [4.78, 5) is 14.0. The van der Waals surface area contributed by atoms with Gasteiger partial charge in [-0.05, 0) is 62.3 Å². The normalized spacial score (nSPS) is 24.5. The van der Waals surface area contributed by atoms with Gasteiger partial charge < -0.3 is 10.6 Å². The van der Waals surface area contributed by atoms with Crippen LogP contribution < -0.4 is 10.6 Å². The van der Waals surface area contributed by atoms with Gasteiger partial charge >= 0.3 is 6.18 Å². The van der Waals surface area contributed by atoms with Crippen LogP contribution >= 0.6 is 24.8 Å². The van der Waals surface area contributed by atoms with Crippen LogP contribution in [0.2, 0.25) is 0 Å². The standard InChI is InChI=1S/C21H28F3N3O.2ClH/c22-21(23,24)13-27-8-6-17(7-9-27)26-20(28)16-3-1-2-15(10-16)18-11-19(18)25-12-14-4-5-14;;/h1-3,10,14,17-19,25H,4-9,11-13H2,(H,26,28);2*1H. The van der Waals surface area contributed by atoms with Crippen molar-refractivity contribution in [3.8, 4) is 0 Å². The average molecular weight is 468 g/mol. The fourth-order valence-corrected chi connectivity index (χ4v) is 4.10. The van der Waals surface area contributed by atoms with E-state index in [0.717, 1.165) is 18.9 Å². The van der Waals surface area contributed by atoms with Crippen molar-refractivity contribution in [1.82, 2.24) is 15.5 Å². The van der Waals surface area contributed by atoms with Gasteiger partial charge in [-0.25, -0.2) is 0 Å². The molecule has 1 aromatic rings. The number of nitrogens with one attached hydrogen (secondary N) is 2. The van der Waals surface area contributed by atoms with Gasteiger partial charge in [-0.2, -0.15) is 13.2 Å². The highest BCUT2D eigenvalue weighted by Crippen LogP contribution is 2.41. The first-order chi connectivity index (χ1) is 13.4. The molecule has 1 saturated heterocycles. The quantitative estimate of drug-likeness (QED) is 0.633. The van der Waals surface area contributed by atoms with Gasteiger partial charge in [-0.3, -0.25) is 9.69 Å². The van der Waals surface area contributed by atoms with E-state index < -0.39 is 12.7 Å². The molecule has 4 nitrogen and oxygen atoms in total. The zero-order chi connectivity index (χ0) is 19.7. The molecule has 1 aliphatic heterocycles. The van der Waals surface area contributed by atoms with Crippen LogP contribution in [-0.2, 0) is 0 Å². The molecule has 2 saturated carbocycles. The highest BCUT2D eigenvalue weighted by atomic mass is 35.5. The molecular formula is C21H30Cl2F3N3O. The Labute approximate surface area is 188 Å². The fraction of sp³-hybridized carbons (Fsp3) is 0.667. The highest BCUT2D eigenvalue weighted by Gasteiger charge is 2.39. The molecule has 1 aromatic carbocycles. The summed E-state index contributed by atoms with van der Waals surface area (Å²) >= 11 is 0. The van der Waals surface area contributed by atoms with Gasteiger partial charge in [0.1, 0.15) is 0 Å². The average Bonchev–Trinajstić information content (AvgIpc) is 3.55. The maximum atomic E-state index is 12.6. The van der Waals surface area contributed by atoms with Crippen LogP contribution in [0.4, 0.5) is 13.2 Å². The number of likely N-dealkylation sites (tertiary alicyclic amines) is 1. The summed E-state index contributed by atoms with van der Waals surface area (Å²) in [6.45, 7) is 0.962. The number of piperidine rings is 1. The van der Waals surface area contributed by atoms with Crippen molar-refractivity contribution < 1.29 is 18.0 Å². The zero-order valence-electron chi connectivity index (χ0n) is 16.8. The Hall–Kier alpha value is -1.02. The predicted molar refractivity (Wildman–Crippen MR) is 116 cm³/mol. The monoisotopic (exact) mass is 467 g/mol. The lowest BCUT2D eigenvalue weighted by molar-refractivity contribution is -0.148. The number of hydrogen-bond acceptors (Lipinski definition) is 3. The minimum absolute atomic E-state index is 0. The summed E-state index contributed by atoms with van der Waals surface area (Å²) in [5, 5.41) is 6.62. The maximum absolute atomic E-state index is 12.6. The van der Waals surface area contributed by atoms with Gasteiger partial charge in [0.05, 0.1) is 6.54 Å². The Morgan fingerprint density at radius 1 is 1.10 bits per heavy atom. The first kappa shape index (κ1) is 25.2. The van der Waals surface area contributed by atoms with Crippen molar-refractivity contribution in [3.63, 3.8) is 0 Å². The van der Waals surface area contributed by atoms with Gasteiger partial charge in [-0.1, -0.05) is 12.1 Å². The van der Waals surface area contributed by atoms with Crippen molar-refractivity contribution in [1.29, 1.82) is 0 Å². The Morgan fingerprint density at radius 3 is 2.43 bits per heavy atom. The summed E-state index contributed by atoms with van der Waals surface area (Å²) in [6, 6.07) is 8.25. The summed E-state index contributed by atoms with van der Waals surface area (Å²) < 4.78 is 37.4. The van der Waals surface area contributed by atoms with E-state index in [1.54, 1.807) is 0 Å². The molecule has 2 N–H and O–H groups in total. The number of amides is 1. The molecule has 2 aliphatic carbocycles. The Balaban J connectivity index is 0.00000160. The third-order valence-corrected chi connectivity index (χ3v) is 6.06. The van der Waals surface area contributed by atoms with Crippen molar-refractivity contribution in [3.05, 3.63) is 35.4 Å². The lowest BCUT2D eigenvalue weighted by Gasteiger charge is -2.32. The maximum Gasteiger partial charge on any atom is 0.401 e. The molecule has 0 spiro atoms. The van der Waals surface area contributed by atoms with Gasteiger partial charge in [-0.15, -0.1) is 24.8 Å². The molecule has 9 heteroatoms. The fourth-order valence-electron chi connectivity index (χ4n) is 4.10. The third-order valence-electron chi connectivity index (χ3n) is 6.06. The van der Waals surface area contributed by atoms with Crippen LogP contribution in [0.25, 0.3) is 0 Å². The van der Waals surface area contributed by atoms with Gasteiger partial charge in [0, 0.05) is 36.7 Å². The number of halogens is 5. The van der Waals surface area contributed by atoms with Crippen molar-refractivity contribution in [2.75, 3.05) is 26.2 Å². The molecule has 170 valence electrons. The number of benzene rings is 1. The van der Waals surface area contributed by atoms with Crippen molar-refractivity contribution in [2.24, 2.45) is 5.92 Å². The molecule has 3 aliphatic rings. The largest absolute Gasteiger partial charge is 0.401 e. The van der Waals surface area contributed by atoms with Crippen LogP contribution in [0, 0.1) is 5.92 Å². The number of rotatable bonds is 7. The Morgan fingerprint density at radius 2 is 1.80 bits per heavy atom. The molecule has 3 fully saturated rings. The molecule has 0 aromatic heterocycles. The van der Waals surface area contributed by atoms with E-state index in [1.165, 1.54) is 23.3 Å². The third kappa shape index (κ3) is 7.29. The highest BCUT2D eigenvalue weighted by molar-refractivity contribution is 5.94. The number of nitrogens with zero attached hydrogens (tertiary/aromatic N) is 1. The predicted octanol–water partition coefficient (Wildman–Crippen LogP) is 4.14. The Kier molecular flexibility index (Phi) is 8.86. The minimum Gasteiger partial charge on any atom is -0.349 e. The number of alkyl halides is 3. The molecule has 1 heterocycles. The molecule has 2 atom stereocenters. The van der Waals surface area contributed by atoms with Crippen molar-refractivity contribution in [2.45, 2.75) is 56.3 Å². The van der Waals surface area contributed by atoms with Crippen LogP contribution in [0.1, 0.15) is 53.9 Å². The van der Waals surface area contributed by atoms with E-state index in [-0.39, 0.29) is 36.8 Å². The molecular weight excluding hydrogens is 438 g/mol. The molecule has 4 rings (SSSR count). The van der Waals surface area contributed by atoms with Gasteiger partial charge in [0.25, 0.3) is 5.91 Å². The van der Waals surface area contributed by atoms with E-state index >= 15 is 0 Å². The van der Waals surface area contributed by atoms with Crippen LogP contribution in [-0.4, -0.2) is 55.2 Å². The first-order valence-corrected chi connectivity index (χ1v) is 10.3. The lowest BCUT2D eigenvalue weighted by atomic mass is 10.0. The molecule has 0 radical (unpaired) electrons. The summed E-state index contributed by atoms with van der Waals surface area (Å²) in [7, 11) is 0. The smallest absolute Gasteiger partial charge is 0.349 e. The van der Waals surface area contributed by atoms with E-state index in [1.807, 2.05) is 18.2 Å². The van der Waals surface area contributed by atoms with Crippen molar-refractivity contribution >= 4 is 30.7 Å². The number of carbonyl (C=O) groups is 1. The topological polar surface area (TPSA) is 44.4 Å². The first-order valence-electron chi connectivity index (χ1n) is 10.3. The van der Waals surface area contributed by atoms with Crippen LogP contribution in [0.3, 0.4) is 0 Å². The summed E-state index contributed by atoms with van der Waals surface area (Å²) in [6.07, 6.45) is 0.749. The van der Waals surface area contributed by atoms with E-state index in [2.05, 4.69) is 16.7 Å². The van der Waals surface area contributed by atoms with E-state index in [4.69, 9.17) is 0 Å².